The zero-order valence-electron chi connectivity index (χ0n) is 13.7. The topological polar surface area (TPSA) is 67.4 Å². The molecular formula is C16H22N4O2S. The maximum Gasteiger partial charge on any atom is 0.246 e. The van der Waals surface area contributed by atoms with E-state index in [-0.39, 0.29) is 18.6 Å². The average Bonchev–Trinajstić information content (AvgIpc) is 2.93. The van der Waals surface area contributed by atoms with Gasteiger partial charge in [-0.1, -0.05) is 6.92 Å². The van der Waals surface area contributed by atoms with Crippen molar-refractivity contribution in [1.82, 2.24) is 15.3 Å². The van der Waals surface area contributed by atoms with Gasteiger partial charge in [0.2, 0.25) is 5.91 Å². The molecule has 124 valence electrons. The highest BCUT2D eigenvalue weighted by molar-refractivity contribution is 7.18. The van der Waals surface area contributed by atoms with Gasteiger partial charge in [-0.3, -0.25) is 4.79 Å². The number of anilines is 1. The predicted octanol–water partition coefficient (Wildman–Crippen LogP) is 1.98. The number of amides is 1. The van der Waals surface area contributed by atoms with E-state index in [0.29, 0.717) is 6.04 Å². The summed E-state index contributed by atoms with van der Waals surface area (Å²) in [5, 5.41) is 4.11. The van der Waals surface area contributed by atoms with Crippen molar-refractivity contribution < 1.29 is 9.53 Å². The third-order valence-corrected chi connectivity index (χ3v) is 5.53. The molecule has 1 N–H and O–H groups in total. The molecule has 23 heavy (non-hydrogen) atoms. The van der Waals surface area contributed by atoms with E-state index in [1.165, 1.54) is 12.0 Å². The van der Waals surface area contributed by atoms with Crippen LogP contribution < -0.4 is 10.2 Å². The number of aryl methyl sites for hydroxylation is 1. The van der Waals surface area contributed by atoms with Gasteiger partial charge in [-0.05, 0) is 25.3 Å². The van der Waals surface area contributed by atoms with Crippen LogP contribution in [0, 0.1) is 0 Å². The molecule has 1 fully saturated rings. The number of hydrogen-bond donors (Lipinski definition) is 1. The van der Waals surface area contributed by atoms with Crippen LogP contribution in [0.15, 0.2) is 12.4 Å². The lowest BCUT2D eigenvalue weighted by Gasteiger charge is -2.42. The molecule has 7 heteroatoms. The standard InChI is InChI=1S/C16H22N4O2S/c1-4-12-7-13-15(17-9-18-16(13)23-12)20(2)11-5-10(6-11)19-14(21)8-22-3/h7,9-11H,4-6,8H2,1-3H3,(H,19,21). The zero-order chi connectivity index (χ0) is 16.4. The Bertz CT molecular complexity index is 696. The largest absolute Gasteiger partial charge is 0.375 e. The van der Waals surface area contributed by atoms with Crippen molar-refractivity contribution in [2.75, 3.05) is 25.7 Å². The minimum absolute atomic E-state index is 0.0477. The molecule has 0 spiro atoms. The van der Waals surface area contributed by atoms with Crippen molar-refractivity contribution in [2.24, 2.45) is 0 Å². The van der Waals surface area contributed by atoms with E-state index in [9.17, 15) is 4.79 Å². The number of hydrogen-bond acceptors (Lipinski definition) is 6. The van der Waals surface area contributed by atoms with Crippen molar-refractivity contribution in [3.05, 3.63) is 17.3 Å². The van der Waals surface area contributed by atoms with Crippen molar-refractivity contribution in [2.45, 2.75) is 38.3 Å². The second-order valence-electron chi connectivity index (χ2n) is 5.92. The smallest absolute Gasteiger partial charge is 0.246 e. The molecule has 2 heterocycles. The van der Waals surface area contributed by atoms with Crippen LogP contribution in [-0.4, -0.2) is 48.7 Å². The molecule has 6 nitrogen and oxygen atoms in total. The SMILES string of the molecule is CCc1cc2c(N(C)C3CC(NC(=O)COC)C3)ncnc2s1. The summed E-state index contributed by atoms with van der Waals surface area (Å²) >= 11 is 1.73. The Morgan fingerprint density at radius 2 is 2.26 bits per heavy atom. The molecule has 0 unspecified atom stereocenters. The summed E-state index contributed by atoms with van der Waals surface area (Å²) in [6.45, 7) is 2.28. The molecule has 1 saturated carbocycles. The maximum atomic E-state index is 11.5. The molecule has 0 aromatic carbocycles. The van der Waals surface area contributed by atoms with Crippen LogP contribution in [0.25, 0.3) is 10.2 Å². The van der Waals surface area contributed by atoms with Crippen LogP contribution in [0.2, 0.25) is 0 Å². The fraction of sp³-hybridized carbons (Fsp3) is 0.562. The van der Waals surface area contributed by atoms with Gasteiger partial charge in [-0.25, -0.2) is 9.97 Å². The third kappa shape index (κ3) is 3.30. The van der Waals surface area contributed by atoms with Crippen LogP contribution in [0.3, 0.4) is 0 Å². The summed E-state index contributed by atoms with van der Waals surface area (Å²) in [5.41, 5.74) is 0. The van der Waals surface area contributed by atoms with E-state index in [2.05, 4.69) is 40.2 Å². The summed E-state index contributed by atoms with van der Waals surface area (Å²) in [6.07, 6.45) is 4.52. The lowest BCUT2D eigenvalue weighted by molar-refractivity contribution is -0.126. The monoisotopic (exact) mass is 334 g/mol. The minimum atomic E-state index is -0.0477. The Kier molecular flexibility index (Phi) is 4.77. The van der Waals surface area contributed by atoms with Crippen LogP contribution in [0.1, 0.15) is 24.6 Å². The van der Waals surface area contributed by atoms with Gasteiger partial charge in [0.05, 0.1) is 5.39 Å². The van der Waals surface area contributed by atoms with Gasteiger partial charge in [-0.15, -0.1) is 11.3 Å². The van der Waals surface area contributed by atoms with Gasteiger partial charge in [-0.2, -0.15) is 0 Å². The number of thiophene rings is 1. The molecule has 2 aromatic heterocycles. The van der Waals surface area contributed by atoms with Crippen molar-refractivity contribution in [3.63, 3.8) is 0 Å². The molecular weight excluding hydrogens is 312 g/mol. The second kappa shape index (κ2) is 6.80. The molecule has 2 aromatic rings. The van der Waals surface area contributed by atoms with Gasteiger partial charge >= 0.3 is 0 Å². The Morgan fingerprint density at radius 3 is 2.96 bits per heavy atom. The van der Waals surface area contributed by atoms with E-state index in [4.69, 9.17) is 4.74 Å². The maximum absolute atomic E-state index is 11.5. The fourth-order valence-electron chi connectivity index (χ4n) is 2.94. The highest BCUT2D eigenvalue weighted by atomic mass is 32.1. The van der Waals surface area contributed by atoms with Crippen LogP contribution in [0.5, 0.6) is 0 Å². The van der Waals surface area contributed by atoms with Crippen molar-refractivity contribution in [1.29, 1.82) is 0 Å². The third-order valence-electron chi connectivity index (χ3n) is 4.34. The Balaban J connectivity index is 1.67. The van der Waals surface area contributed by atoms with Crippen molar-refractivity contribution in [3.8, 4) is 0 Å². The Labute approximate surface area is 139 Å². The molecule has 0 atom stereocenters. The van der Waals surface area contributed by atoms with E-state index in [0.717, 1.165) is 35.3 Å². The molecule has 1 aliphatic carbocycles. The van der Waals surface area contributed by atoms with E-state index < -0.39 is 0 Å². The quantitative estimate of drug-likeness (QED) is 0.875. The second-order valence-corrected chi connectivity index (χ2v) is 7.03. The molecule has 0 aliphatic heterocycles. The highest BCUT2D eigenvalue weighted by Crippen LogP contribution is 2.34. The number of nitrogens with zero attached hydrogens (tertiary/aromatic N) is 3. The number of aromatic nitrogens is 2. The Hall–Kier alpha value is -1.73. The molecule has 0 radical (unpaired) electrons. The summed E-state index contributed by atoms with van der Waals surface area (Å²) in [5.74, 6) is 0.936. The summed E-state index contributed by atoms with van der Waals surface area (Å²) in [6, 6.07) is 2.82. The van der Waals surface area contributed by atoms with Crippen molar-refractivity contribution >= 4 is 33.3 Å². The number of carbonyl (C=O) groups is 1. The first kappa shape index (κ1) is 16.1. The van der Waals surface area contributed by atoms with Crippen LogP contribution in [-0.2, 0) is 16.0 Å². The molecule has 0 bridgehead atoms. The normalized spacial score (nSPS) is 20.3. The number of methoxy groups -OCH3 is 1. The zero-order valence-corrected chi connectivity index (χ0v) is 14.5. The van der Waals surface area contributed by atoms with Gasteiger partial charge < -0.3 is 15.0 Å². The first-order chi connectivity index (χ1) is 11.1. The minimum Gasteiger partial charge on any atom is -0.375 e. The number of rotatable bonds is 6. The van der Waals surface area contributed by atoms with E-state index in [1.54, 1.807) is 17.7 Å². The molecule has 3 rings (SSSR count). The van der Waals surface area contributed by atoms with Crippen LogP contribution in [0.4, 0.5) is 5.82 Å². The number of carbonyl (C=O) groups excluding carboxylic acids is 1. The van der Waals surface area contributed by atoms with Crippen LogP contribution >= 0.6 is 11.3 Å². The van der Waals surface area contributed by atoms with Gasteiger partial charge in [0.25, 0.3) is 0 Å². The number of nitrogens with one attached hydrogen (secondary N) is 1. The van der Waals surface area contributed by atoms with E-state index in [1.807, 2.05) is 0 Å². The summed E-state index contributed by atoms with van der Waals surface area (Å²) in [7, 11) is 3.60. The molecule has 0 saturated heterocycles. The number of fused-ring (bicyclic) bond motifs is 1. The summed E-state index contributed by atoms with van der Waals surface area (Å²) in [4.78, 5) is 25.0. The lowest BCUT2D eigenvalue weighted by atomic mass is 9.85. The predicted molar refractivity (Wildman–Crippen MR) is 92.0 cm³/mol. The molecule has 1 aliphatic rings. The summed E-state index contributed by atoms with van der Waals surface area (Å²) < 4.78 is 4.84. The lowest BCUT2D eigenvalue weighted by Crippen LogP contribution is -2.53. The molecule has 1 amide bonds. The number of ether oxygens (including phenoxy) is 1. The Morgan fingerprint density at radius 1 is 1.48 bits per heavy atom. The van der Waals surface area contributed by atoms with Gasteiger partial charge in [0.1, 0.15) is 23.6 Å². The van der Waals surface area contributed by atoms with Gasteiger partial charge in [0, 0.05) is 31.1 Å². The first-order valence-electron chi connectivity index (χ1n) is 7.87. The highest BCUT2D eigenvalue weighted by Gasteiger charge is 2.34. The first-order valence-corrected chi connectivity index (χ1v) is 8.68. The fourth-order valence-corrected chi connectivity index (χ4v) is 3.87. The van der Waals surface area contributed by atoms with Gasteiger partial charge in [0.15, 0.2) is 0 Å². The van der Waals surface area contributed by atoms with E-state index >= 15 is 0 Å². The average molecular weight is 334 g/mol.